The maximum Gasteiger partial charge on any atom is 0.338 e. The molecule has 0 radical (unpaired) electrons. The van der Waals surface area contributed by atoms with E-state index in [2.05, 4.69) is 5.32 Å². The molecule has 0 spiro atoms. The van der Waals surface area contributed by atoms with Crippen LogP contribution in [0.15, 0.2) is 120 Å². The summed E-state index contributed by atoms with van der Waals surface area (Å²) in [6, 6.07) is 32.3. The fourth-order valence-corrected chi connectivity index (χ4v) is 6.26. The zero-order chi connectivity index (χ0) is 31.9. The minimum atomic E-state index is -0.635. The summed E-state index contributed by atoms with van der Waals surface area (Å²) < 4.78 is 19.8. The molecule has 0 saturated heterocycles. The molecule has 1 unspecified atom stereocenters. The monoisotopic (exact) mass is 652 g/mol. The van der Waals surface area contributed by atoms with E-state index >= 15 is 0 Å². The first-order valence-electron chi connectivity index (χ1n) is 14.9. The van der Waals surface area contributed by atoms with Gasteiger partial charge < -0.3 is 19.5 Å². The van der Waals surface area contributed by atoms with E-state index in [0.717, 1.165) is 22.3 Å². The molecule has 0 saturated carbocycles. The van der Waals surface area contributed by atoms with Gasteiger partial charge in [0.05, 0.1) is 12.2 Å². The summed E-state index contributed by atoms with van der Waals surface area (Å²) in [5.41, 5.74) is 4.76. The highest BCUT2D eigenvalue weighted by molar-refractivity contribution is 7.98. The van der Waals surface area contributed by atoms with Gasteiger partial charge in [0.1, 0.15) is 19.3 Å². The summed E-state index contributed by atoms with van der Waals surface area (Å²) >= 11 is 7.87. The maximum absolute atomic E-state index is 13.8. The zero-order valence-electron chi connectivity index (χ0n) is 25.5. The molecule has 10 heteroatoms. The van der Waals surface area contributed by atoms with Crippen LogP contribution in [-0.4, -0.2) is 27.3 Å². The van der Waals surface area contributed by atoms with Crippen LogP contribution in [0.5, 0.6) is 11.5 Å². The summed E-state index contributed by atoms with van der Waals surface area (Å²) in [6.45, 7) is 4.75. The zero-order valence-corrected chi connectivity index (χ0v) is 27.1. The fraction of sp³-hybridized carbons (Fsp3) is 0.194. The van der Waals surface area contributed by atoms with Gasteiger partial charge in [0.15, 0.2) is 11.5 Å². The SMILES string of the molecule is CCOc1cc(C2C(C(=O)OCc3ccccc3)=C(C)Nc3nc(SCc4ccccc4Cl)nn32)ccc1OCc1ccccc1. The second-order valence-electron chi connectivity index (χ2n) is 10.6. The van der Waals surface area contributed by atoms with E-state index in [0.29, 0.717) is 57.9 Å². The number of hydrogen-bond acceptors (Lipinski definition) is 8. The molecule has 1 N–H and O–H groups in total. The minimum Gasteiger partial charge on any atom is -0.490 e. The lowest BCUT2D eigenvalue weighted by molar-refractivity contribution is -0.140. The van der Waals surface area contributed by atoms with Crippen LogP contribution in [0.25, 0.3) is 0 Å². The number of rotatable bonds is 12. The van der Waals surface area contributed by atoms with E-state index in [1.807, 2.05) is 117 Å². The maximum atomic E-state index is 13.8. The predicted octanol–water partition coefficient (Wildman–Crippen LogP) is 8.23. The van der Waals surface area contributed by atoms with Gasteiger partial charge in [0.2, 0.25) is 11.1 Å². The van der Waals surface area contributed by atoms with Gasteiger partial charge in [0, 0.05) is 16.5 Å². The number of benzene rings is 4. The van der Waals surface area contributed by atoms with Crippen LogP contribution in [-0.2, 0) is 28.5 Å². The van der Waals surface area contributed by atoms with Gasteiger partial charge in [-0.25, -0.2) is 9.48 Å². The number of fused-ring (bicyclic) bond motifs is 1. The van der Waals surface area contributed by atoms with Crippen LogP contribution < -0.4 is 14.8 Å². The van der Waals surface area contributed by atoms with Gasteiger partial charge in [-0.1, -0.05) is 108 Å². The van der Waals surface area contributed by atoms with Crippen LogP contribution in [0.1, 0.15) is 42.1 Å². The Labute approximate surface area is 277 Å². The van der Waals surface area contributed by atoms with Crippen molar-refractivity contribution in [3.63, 3.8) is 0 Å². The van der Waals surface area contributed by atoms with E-state index in [1.54, 1.807) is 4.68 Å². The first kappa shape index (κ1) is 31.3. The van der Waals surface area contributed by atoms with Gasteiger partial charge >= 0.3 is 5.97 Å². The second-order valence-corrected chi connectivity index (χ2v) is 11.9. The van der Waals surface area contributed by atoms with Crippen molar-refractivity contribution in [2.24, 2.45) is 0 Å². The molecular weight excluding hydrogens is 620 g/mol. The largest absolute Gasteiger partial charge is 0.490 e. The number of halogens is 1. The Morgan fingerprint density at radius 3 is 2.30 bits per heavy atom. The van der Waals surface area contributed by atoms with Crippen LogP contribution in [0.2, 0.25) is 5.02 Å². The molecule has 8 nitrogen and oxygen atoms in total. The molecule has 4 aromatic carbocycles. The van der Waals surface area contributed by atoms with Crippen molar-refractivity contribution in [1.82, 2.24) is 14.8 Å². The summed E-state index contributed by atoms with van der Waals surface area (Å²) in [7, 11) is 0. The van der Waals surface area contributed by atoms with Crippen LogP contribution >= 0.6 is 23.4 Å². The number of nitrogens with zero attached hydrogens (tertiary/aromatic N) is 3. The molecule has 2 heterocycles. The van der Waals surface area contributed by atoms with Gasteiger partial charge in [-0.05, 0) is 54.3 Å². The summed E-state index contributed by atoms with van der Waals surface area (Å²) in [6.07, 6.45) is 0. The Morgan fingerprint density at radius 1 is 0.891 bits per heavy atom. The molecule has 1 atom stereocenters. The Kier molecular flexibility index (Phi) is 9.91. The van der Waals surface area contributed by atoms with Gasteiger partial charge in [0.25, 0.3) is 0 Å². The van der Waals surface area contributed by atoms with E-state index in [9.17, 15) is 4.79 Å². The van der Waals surface area contributed by atoms with E-state index in [4.69, 9.17) is 35.9 Å². The third-order valence-corrected chi connectivity index (χ3v) is 8.66. The molecule has 0 bridgehead atoms. The fourth-order valence-electron chi connectivity index (χ4n) is 5.14. The highest BCUT2D eigenvalue weighted by Gasteiger charge is 2.36. The van der Waals surface area contributed by atoms with Crippen molar-refractivity contribution in [1.29, 1.82) is 0 Å². The first-order valence-corrected chi connectivity index (χ1v) is 16.3. The topological polar surface area (TPSA) is 87.5 Å². The van der Waals surface area contributed by atoms with Crippen molar-refractivity contribution < 1.29 is 19.0 Å². The Balaban J connectivity index is 1.33. The predicted molar refractivity (Wildman–Crippen MR) is 180 cm³/mol. The Bertz CT molecular complexity index is 1850. The Morgan fingerprint density at radius 2 is 1.59 bits per heavy atom. The quantitative estimate of drug-likeness (QED) is 0.107. The van der Waals surface area contributed by atoms with Gasteiger partial charge in [-0.2, -0.15) is 4.98 Å². The number of carbonyl (C=O) groups excluding carboxylic acids is 1. The highest BCUT2D eigenvalue weighted by atomic mass is 35.5. The molecule has 234 valence electrons. The lowest BCUT2D eigenvalue weighted by Gasteiger charge is -2.28. The number of hydrogen-bond donors (Lipinski definition) is 1. The van der Waals surface area contributed by atoms with Crippen LogP contribution in [0.3, 0.4) is 0 Å². The molecule has 1 aromatic heterocycles. The minimum absolute atomic E-state index is 0.142. The van der Waals surface area contributed by atoms with Crippen molar-refractivity contribution in [3.8, 4) is 11.5 Å². The molecule has 1 aliphatic heterocycles. The van der Waals surface area contributed by atoms with Crippen molar-refractivity contribution >= 4 is 35.3 Å². The number of thioether (sulfide) groups is 1. The number of aromatic nitrogens is 3. The van der Waals surface area contributed by atoms with Crippen molar-refractivity contribution in [2.75, 3.05) is 11.9 Å². The highest BCUT2D eigenvalue weighted by Crippen LogP contribution is 2.40. The lowest BCUT2D eigenvalue weighted by Crippen LogP contribution is -2.29. The Hall–Kier alpha value is -4.73. The summed E-state index contributed by atoms with van der Waals surface area (Å²) in [5.74, 6) is 1.83. The number of carbonyl (C=O) groups is 1. The van der Waals surface area contributed by atoms with Crippen LogP contribution in [0, 0.1) is 0 Å². The summed E-state index contributed by atoms with van der Waals surface area (Å²) in [5, 5.41) is 9.38. The van der Waals surface area contributed by atoms with Crippen molar-refractivity contribution in [2.45, 2.75) is 44.0 Å². The van der Waals surface area contributed by atoms with E-state index in [-0.39, 0.29) is 6.61 Å². The number of ether oxygens (including phenoxy) is 3. The molecule has 0 aliphatic carbocycles. The molecule has 0 fully saturated rings. The van der Waals surface area contributed by atoms with Crippen LogP contribution in [0.4, 0.5) is 5.95 Å². The van der Waals surface area contributed by atoms with Crippen molar-refractivity contribution in [3.05, 3.63) is 142 Å². The molecule has 46 heavy (non-hydrogen) atoms. The van der Waals surface area contributed by atoms with E-state index < -0.39 is 12.0 Å². The molecular formula is C36H33ClN4O4S. The molecule has 5 aromatic rings. The molecule has 6 rings (SSSR count). The number of anilines is 1. The van der Waals surface area contributed by atoms with Gasteiger partial charge in [-0.15, -0.1) is 5.10 Å². The van der Waals surface area contributed by atoms with E-state index in [1.165, 1.54) is 11.8 Å². The normalized spacial score (nSPS) is 13.9. The second kappa shape index (κ2) is 14.6. The third-order valence-electron chi connectivity index (χ3n) is 7.40. The standard InChI is InChI=1S/C36H33ClN4O4S/c1-3-43-31-20-27(18-19-30(31)44-21-25-12-6-4-7-13-25)33-32(34(42)45-22-26-14-8-5-9-15-26)24(2)38-35-39-36(40-41(33)35)46-23-28-16-10-11-17-29(28)37/h4-20,33H,3,21-23H2,1-2H3,(H,38,39,40). The molecule has 0 amide bonds. The smallest absolute Gasteiger partial charge is 0.338 e. The third kappa shape index (κ3) is 7.22. The first-order chi connectivity index (χ1) is 22.5. The lowest BCUT2D eigenvalue weighted by atomic mass is 9.95. The number of esters is 1. The number of nitrogens with one attached hydrogen (secondary N) is 1. The van der Waals surface area contributed by atoms with Gasteiger partial charge in [-0.3, -0.25) is 0 Å². The summed E-state index contributed by atoms with van der Waals surface area (Å²) in [4.78, 5) is 18.6. The molecule has 1 aliphatic rings. The number of allylic oxidation sites excluding steroid dienone is 1. The average Bonchev–Trinajstić information content (AvgIpc) is 3.49. The average molecular weight is 653 g/mol.